The summed E-state index contributed by atoms with van der Waals surface area (Å²) in [6.07, 6.45) is 3.22. The summed E-state index contributed by atoms with van der Waals surface area (Å²) in [6, 6.07) is 0. The van der Waals surface area contributed by atoms with E-state index in [-0.39, 0.29) is 6.10 Å². The zero-order chi connectivity index (χ0) is 9.35. The molecule has 2 unspecified atom stereocenters. The SMILES string of the molecule is C=C(C1CCCC1O)[Si](C)(C)C. The number of hydrogen-bond donors (Lipinski definition) is 1. The Hall–Kier alpha value is -0.0831. The lowest BCUT2D eigenvalue weighted by Crippen LogP contribution is -2.31. The zero-order valence-corrected chi connectivity index (χ0v) is 9.43. The van der Waals surface area contributed by atoms with Gasteiger partial charge in [0.15, 0.2) is 0 Å². The second-order valence-electron chi connectivity index (χ2n) is 4.88. The van der Waals surface area contributed by atoms with Crippen LogP contribution in [-0.2, 0) is 0 Å². The van der Waals surface area contributed by atoms with E-state index in [1.165, 1.54) is 11.6 Å². The van der Waals surface area contributed by atoms with Gasteiger partial charge in [0.1, 0.15) is 0 Å². The molecule has 1 rings (SSSR count). The molecule has 1 aliphatic carbocycles. The minimum absolute atomic E-state index is 0.0933. The highest BCUT2D eigenvalue weighted by Crippen LogP contribution is 2.34. The summed E-state index contributed by atoms with van der Waals surface area (Å²) < 4.78 is 0. The summed E-state index contributed by atoms with van der Waals surface area (Å²) in [6.45, 7) is 11.1. The Bertz CT molecular complexity index is 181. The average Bonchev–Trinajstić information content (AvgIpc) is 2.31. The standard InChI is InChI=1S/C10H20OSi/c1-8(12(2,3)4)9-6-5-7-10(9)11/h9-11H,1,5-7H2,2-4H3. The van der Waals surface area contributed by atoms with Crippen molar-refractivity contribution in [2.24, 2.45) is 5.92 Å². The highest BCUT2D eigenvalue weighted by atomic mass is 28.3. The summed E-state index contributed by atoms with van der Waals surface area (Å²) in [5.74, 6) is 0.414. The maximum atomic E-state index is 9.68. The van der Waals surface area contributed by atoms with Crippen LogP contribution in [0.5, 0.6) is 0 Å². The van der Waals surface area contributed by atoms with Crippen LogP contribution in [0.15, 0.2) is 11.8 Å². The Kier molecular flexibility index (Phi) is 2.79. The van der Waals surface area contributed by atoms with Gasteiger partial charge in [-0.25, -0.2) is 0 Å². The predicted octanol–water partition coefficient (Wildman–Crippen LogP) is 2.58. The van der Waals surface area contributed by atoms with Gasteiger partial charge in [0.2, 0.25) is 0 Å². The molecular formula is C10H20OSi. The third kappa shape index (κ3) is 1.99. The molecule has 1 fully saturated rings. The van der Waals surface area contributed by atoms with Gasteiger partial charge < -0.3 is 5.11 Å². The number of aliphatic hydroxyl groups excluding tert-OH is 1. The maximum Gasteiger partial charge on any atom is 0.0721 e. The van der Waals surface area contributed by atoms with E-state index in [9.17, 15) is 5.11 Å². The van der Waals surface area contributed by atoms with Gasteiger partial charge in [-0.15, -0.1) is 6.58 Å². The van der Waals surface area contributed by atoms with Gasteiger partial charge in [-0.2, -0.15) is 0 Å². The molecule has 2 atom stereocenters. The molecule has 0 heterocycles. The monoisotopic (exact) mass is 184 g/mol. The van der Waals surface area contributed by atoms with Gasteiger partial charge >= 0.3 is 0 Å². The molecule has 0 spiro atoms. The van der Waals surface area contributed by atoms with Crippen molar-refractivity contribution in [3.8, 4) is 0 Å². The fourth-order valence-electron chi connectivity index (χ4n) is 1.90. The number of hydrogen-bond acceptors (Lipinski definition) is 1. The molecule has 0 aliphatic heterocycles. The van der Waals surface area contributed by atoms with E-state index in [0.29, 0.717) is 5.92 Å². The minimum atomic E-state index is -1.22. The van der Waals surface area contributed by atoms with Crippen molar-refractivity contribution < 1.29 is 5.11 Å². The van der Waals surface area contributed by atoms with E-state index in [1.807, 2.05) is 0 Å². The second-order valence-corrected chi connectivity index (χ2v) is 10.0. The molecule has 0 aromatic rings. The minimum Gasteiger partial charge on any atom is -0.393 e. The van der Waals surface area contributed by atoms with Crippen molar-refractivity contribution in [3.05, 3.63) is 11.8 Å². The Balaban J connectivity index is 2.64. The molecule has 1 nitrogen and oxygen atoms in total. The van der Waals surface area contributed by atoms with Crippen LogP contribution in [0, 0.1) is 5.92 Å². The molecule has 2 heteroatoms. The average molecular weight is 184 g/mol. The maximum absolute atomic E-state index is 9.68. The Morgan fingerprint density at radius 1 is 1.33 bits per heavy atom. The first-order valence-corrected chi connectivity index (χ1v) is 8.30. The van der Waals surface area contributed by atoms with Gasteiger partial charge in [-0.1, -0.05) is 31.3 Å². The van der Waals surface area contributed by atoms with Gasteiger partial charge in [0, 0.05) is 5.92 Å². The lowest BCUT2D eigenvalue weighted by atomic mass is 10.1. The molecule has 12 heavy (non-hydrogen) atoms. The van der Waals surface area contributed by atoms with Crippen LogP contribution in [0.2, 0.25) is 19.6 Å². The van der Waals surface area contributed by atoms with Crippen molar-refractivity contribution in [2.45, 2.75) is 45.0 Å². The second kappa shape index (κ2) is 3.34. The zero-order valence-electron chi connectivity index (χ0n) is 8.43. The van der Waals surface area contributed by atoms with Crippen LogP contribution in [0.1, 0.15) is 19.3 Å². The highest BCUT2D eigenvalue weighted by molar-refractivity contribution is 6.83. The van der Waals surface area contributed by atoms with Crippen LogP contribution in [-0.4, -0.2) is 19.3 Å². The van der Waals surface area contributed by atoms with Crippen LogP contribution >= 0.6 is 0 Å². The molecule has 0 saturated heterocycles. The summed E-state index contributed by atoms with van der Waals surface area (Å²) in [4.78, 5) is 0. The summed E-state index contributed by atoms with van der Waals surface area (Å²) in [5, 5.41) is 11.0. The van der Waals surface area contributed by atoms with Crippen molar-refractivity contribution in [2.75, 3.05) is 0 Å². The van der Waals surface area contributed by atoms with Crippen molar-refractivity contribution in [1.29, 1.82) is 0 Å². The van der Waals surface area contributed by atoms with E-state index in [0.717, 1.165) is 12.8 Å². The first kappa shape index (κ1) is 10.0. The first-order valence-electron chi connectivity index (χ1n) is 4.80. The van der Waals surface area contributed by atoms with Crippen LogP contribution in [0.25, 0.3) is 0 Å². The molecular weight excluding hydrogens is 164 g/mol. The third-order valence-electron chi connectivity index (χ3n) is 2.89. The van der Waals surface area contributed by atoms with E-state index in [1.54, 1.807) is 0 Å². The molecule has 0 amide bonds. The fraction of sp³-hybridized carbons (Fsp3) is 0.800. The summed E-state index contributed by atoms with van der Waals surface area (Å²) in [7, 11) is -1.22. The number of aliphatic hydroxyl groups is 1. The lowest BCUT2D eigenvalue weighted by Gasteiger charge is -2.27. The van der Waals surface area contributed by atoms with Crippen molar-refractivity contribution in [1.82, 2.24) is 0 Å². The smallest absolute Gasteiger partial charge is 0.0721 e. The van der Waals surface area contributed by atoms with E-state index < -0.39 is 8.07 Å². The van der Waals surface area contributed by atoms with Crippen molar-refractivity contribution >= 4 is 8.07 Å². The Morgan fingerprint density at radius 3 is 2.25 bits per heavy atom. The molecule has 1 aliphatic rings. The quantitative estimate of drug-likeness (QED) is 0.654. The third-order valence-corrected chi connectivity index (χ3v) is 5.19. The molecule has 0 bridgehead atoms. The van der Waals surface area contributed by atoms with Gasteiger partial charge in [0.25, 0.3) is 0 Å². The topological polar surface area (TPSA) is 20.2 Å². The number of rotatable bonds is 2. The van der Waals surface area contributed by atoms with Crippen LogP contribution in [0.4, 0.5) is 0 Å². The van der Waals surface area contributed by atoms with E-state index in [2.05, 4.69) is 26.2 Å². The predicted molar refractivity (Wildman–Crippen MR) is 55.8 cm³/mol. The normalized spacial score (nSPS) is 30.7. The van der Waals surface area contributed by atoms with Gasteiger partial charge in [-0.3, -0.25) is 0 Å². The lowest BCUT2D eigenvalue weighted by molar-refractivity contribution is 0.151. The first-order chi connectivity index (χ1) is 5.43. The summed E-state index contributed by atoms with van der Waals surface area (Å²) >= 11 is 0. The van der Waals surface area contributed by atoms with E-state index >= 15 is 0 Å². The van der Waals surface area contributed by atoms with E-state index in [4.69, 9.17) is 0 Å². The fourth-order valence-corrected chi connectivity index (χ4v) is 3.35. The molecule has 0 aromatic heterocycles. The van der Waals surface area contributed by atoms with Gasteiger partial charge in [0.05, 0.1) is 14.2 Å². The van der Waals surface area contributed by atoms with Crippen LogP contribution in [0.3, 0.4) is 0 Å². The molecule has 0 radical (unpaired) electrons. The van der Waals surface area contributed by atoms with Gasteiger partial charge in [-0.05, 0) is 12.8 Å². The molecule has 1 N–H and O–H groups in total. The molecule has 0 aromatic carbocycles. The van der Waals surface area contributed by atoms with Crippen LogP contribution < -0.4 is 0 Å². The highest BCUT2D eigenvalue weighted by Gasteiger charge is 2.33. The molecule has 1 saturated carbocycles. The molecule has 70 valence electrons. The Labute approximate surface area is 76.5 Å². The summed E-state index contributed by atoms with van der Waals surface area (Å²) in [5.41, 5.74) is 0. The largest absolute Gasteiger partial charge is 0.393 e. The van der Waals surface area contributed by atoms with Crippen molar-refractivity contribution in [3.63, 3.8) is 0 Å². The Morgan fingerprint density at radius 2 is 1.92 bits per heavy atom.